The van der Waals surface area contributed by atoms with Crippen LogP contribution in [0.5, 0.6) is 5.75 Å². The first-order valence-corrected chi connectivity index (χ1v) is 12.5. The zero-order valence-electron chi connectivity index (χ0n) is 19.3. The van der Waals surface area contributed by atoms with Gasteiger partial charge in [0, 0.05) is 44.1 Å². The summed E-state index contributed by atoms with van der Waals surface area (Å²) in [6.07, 6.45) is 6.25. The summed E-state index contributed by atoms with van der Waals surface area (Å²) in [5, 5.41) is 2.80. The molecule has 0 bridgehead atoms. The van der Waals surface area contributed by atoms with Crippen LogP contribution < -0.4 is 15.0 Å². The summed E-state index contributed by atoms with van der Waals surface area (Å²) in [6, 6.07) is 12.7. The lowest BCUT2D eigenvalue weighted by molar-refractivity contribution is 0.102. The van der Waals surface area contributed by atoms with Crippen LogP contribution in [-0.4, -0.2) is 52.4 Å². The lowest BCUT2D eigenvalue weighted by Gasteiger charge is -2.33. The summed E-state index contributed by atoms with van der Waals surface area (Å²) in [7, 11) is 1.30. The molecule has 0 saturated heterocycles. The van der Waals surface area contributed by atoms with Crippen LogP contribution in [-0.2, 0) is 10.0 Å². The molecule has 32 heavy (non-hydrogen) atoms. The van der Waals surface area contributed by atoms with Crippen LogP contribution in [0.2, 0.25) is 0 Å². The van der Waals surface area contributed by atoms with Crippen molar-refractivity contribution >= 4 is 27.3 Å². The molecular weight excluding hydrogens is 426 g/mol. The van der Waals surface area contributed by atoms with Crippen molar-refractivity contribution in [2.45, 2.75) is 50.0 Å². The van der Waals surface area contributed by atoms with Crippen molar-refractivity contribution < 1.29 is 17.9 Å². The van der Waals surface area contributed by atoms with Gasteiger partial charge in [0.2, 0.25) is 10.0 Å². The van der Waals surface area contributed by atoms with Crippen LogP contribution in [0.3, 0.4) is 0 Å². The summed E-state index contributed by atoms with van der Waals surface area (Å²) in [4.78, 5) is 15.1. The highest BCUT2D eigenvalue weighted by Crippen LogP contribution is 2.30. The van der Waals surface area contributed by atoms with Gasteiger partial charge < -0.3 is 15.0 Å². The van der Waals surface area contributed by atoms with E-state index in [2.05, 4.69) is 17.3 Å². The molecule has 1 saturated carbocycles. The summed E-state index contributed by atoms with van der Waals surface area (Å²) < 4.78 is 32.0. The van der Waals surface area contributed by atoms with E-state index in [-0.39, 0.29) is 16.6 Å². The molecule has 1 aliphatic carbocycles. The molecule has 0 aliphatic heterocycles. The van der Waals surface area contributed by atoms with Crippen LogP contribution in [0.25, 0.3) is 0 Å². The van der Waals surface area contributed by atoms with Crippen LogP contribution in [0, 0.1) is 0 Å². The van der Waals surface area contributed by atoms with Crippen molar-refractivity contribution in [1.82, 2.24) is 4.31 Å². The number of hydrogen-bond acceptors (Lipinski definition) is 5. The first-order valence-electron chi connectivity index (χ1n) is 11.1. The third kappa shape index (κ3) is 5.42. The van der Waals surface area contributed by atoms with Gasteiger partial charge in [0.1, 0.15) is 10.6 Å². The molecule has 0 heterocycles. The fourth-order valence-electron chi connectivity index (χ4n) is 3.99. The predicted molar refractivity (Wildman–Crippen MR) is 128 cm³/mol. The third-order valence-electron chi connectivity index (χ3n) is 5.92. The highest BCUT2D eigenvalue weighted by molar-refractivity contribution is 7.89. The fourth-order valence-corrected chi connectivity index (χ4v) is 5.04. The van der Waals surface area contributed by atoms with Crippen LogP contribution in [0.15, 0.2) is 47.4 Å². The van der Waals surface area contributed by atoms with Crippen molar-refractivity contribution in [1.29, 1.82) is 0 Å². The molecule has 1 fully saturated rings. The van der Waals surface area contributed by atoms with E-state index < -0.39 is 10.0 Å². The van der Waals surface area contributed by atoms with Crippen molar-refractivity contribution in [2.24, 2.45) is 0 Å². The van der Waals surface area contributed by atoms with Gasteiger partial charge in [-0.1, -0.05) is 19.3 Å². The number of amides is 1. The Balaban J connectivity index is 1.76. The highest BCUT2D eigenvalue weighted by Gasteiger charge is 2.23. The maximum atomic E-state index is 12.8. The fraction of sp³-hybridized carbons (Fsp3) is 0.458. The lowest BCUT2D eigenvalue weighted by Crippen LogP contribution is -2.33. The minimum atomic E-state index is -3.73. The van der Waals surface area contributed by atoms with Gasteiger partial charge in [0.05, 0.1) is 6.61 Å². The first kappa shape index (κ1) is 24.1. The highest BCUT2D eigenvalue weighted by atomic mass is 32.2. The van der Waals surface area contributed by atoms with E-state index in [1.165, 1.54) is 52.3 Å². The van der Waals surface area contributed by atoms with Gasteiger partial charge in [-0.15, -0.1) is 0 Å². The Morgan fingerprint density at radius 2 is 1.69 bits per heavy atom. The van der Waals surface area contributed by atoms with Crippen molar-refractivity contribution in [3.8, 4) is 5.75 Å². The van der Waals surface area contributed by atoms with E-state index in [4.69, 9.17) is 4.74 Å². The van der Waals surface area contributed by atoms with Gasteiger partial charge in [-0.25, -0.2) is 12.7 Å². The number of ether oxygens (including phenoxy) is 1. The molecule has 2 aromatic carbocycles. The summed E-state index contributed by atoms with van der Waals surface area (Å²) in [6.45, 7) is 2.13. The van der Waals surface area contributed by atoms with E-state index in [9.17, 15) is 13.2 Å². The second kappa shape index (κ2) is 10.4. The molecule has 2 aromatic rings. The average molecular weight is 460 g/mol. The molecule has 7 nitrogen and oxygen atoms in total. The van der Waals surface area contributed by atoms with Crippen molar-refractivity contribution in [3.05, 3.63) is 48.0 Å². The van der Waals surface area contributed by atoms with Crippen LogP contribution in [0.4, 0.5) is 11.4 Å². The maximum absolute atomic E-state index is 12.8. The molecule has 0 radical (unpaired) electrons. The number of carbonyl (C=O) groups excluding carboxylic acids is 1. The monoisotopic (exact) mass is 459 g/mol. The first-order chi connectivity index (χ1) is 15.2. The second-order valence-corrected chi connectivity index (χ2v) is 10.4. The average Bonchev–Trinajstić information content (AvgIpc) is 2.80. The van der Waals surface area contributed by atoms with E-state index >= 15 is 0 Å². The van der Waals surface area contributed by atoms with Gasteiger partial charge >= 0.3 is 0 Å². The molecular formula is C24H33N3O4S. The van der Waals surface area contributed by atoms with Crippen molar-refractivity contribution in [3.63, 3.8) is 0 Å². The number of nitrogens with one attached hydrogen (secondary N) is 1. The molecule has 1 amide bonds. The van der Waals surface area contributed by atoms with Crippen LogP contribution >= 0.6 is 0 Å². The van der Waals surface area contributed by atoms with Crippen LogP contribution in [0.1, 0.15) is 49.4 Å². The number of rotatable bonds is 8. The molecule has 1 aliphatic rings. The number of carbonyl (C=O) groups is 1. The molecule has 0 atom stereocenters. The third-order valence-corrected chi connectivity index (χ3v) is 7.76. The van der Waals surface area contributed by atoms with Gasteiger partial charge in [-0.05, 0) is 62.2 Å². The zero-order chi connectivity index (χ0) is 23.3. The van der Waals surface area contributed by atoms with E-state index in [0.717, 1.165) is 9.99 Å². The number of anilines is 2. The second-order valence-electron chi connectivity index (χ2n) is 8.29. The summed E-state index contributed by atoms with van der Waals surface area (Å²) >= 11 is 0. The van der Waals surface area contributed by atoms with E-state index in [0.29, 0.717) is 23.9 Å². The quantitative estimate of drug-likeness (QED) is 0.635. The lowest BCUT2D eigenvalue weighted by atomic mass is 9.94. The van der Waals surface area contributed by atoms with E-state index in [1.807, 2.05) is 12.1 Å². The van der Waals surface area contributed by atoms with E-state index in [1.54, 1.807) is 31.2 Å². The number of hydrogen-bond donors (Lipinski definition) is 1. The number of benzene rings is 2. The minimum absolute atomic E-state index is 0.0200. The Morgan fingerprint density at radius 1 is 1.03 bits per heavy atom. The Kier molecular flexibility index (Phi) is 7.79. The Labute approximate surface area is 191 Å². The molecule has 8 heteroatoms. The zero-order valence-corrected chi connectivity index (χ0v) is 20.1. The Morgan fingerprint density at radius 3 is 2.28 bits per heavy atom. The molecule has 0 aromatic heterocycles. The largest absolute Gasteiger partial charge is 0.492 e. The summed E-state index contributed by atoms with van der Waals surface area (Å²) in [5.74, 6) is -0.0384. The maximum Gasteiger partial charge on any atom is 0.255 e. The van der Waals surface area contributed by atoms with Crippen molar-refractivity contribution in [2.75, 3.05) is 38.0 Å². The number of nitrogens with zero attached hydrogens (tertiary/aromatic N) is 2. The van der Waals surface area contributed by atoms with Gasteiger partial charge in [-0.3, -0.25) is 4.79 Å². The predicted octanol–water partition coefficient (Wildman–Crippen LogP) is 4.36. The van der Waals surface area contributed by atoms with Gasteiger partial charge in [-0.2, -0.15) is 0 Å². The Hall–Kier alpha value is -2.58. The standard InChI is InChI=1S/C24H33N3O4S/c1-5-31-22-16-13-19(17-23(22)32(29,30)26(2)3)25-24(28)18-11-14-21(15-12-18)27(4)20-9-7-6-8-10-20/h11-17,20H,5-10H2,1-4H3,(H,25,28). The smallest absolute Gasteiger partial charge is 0.255 e. The molecule has 1 N–H and O–H groups in total. The summed E-state index contributed by atoms with van der Waals surface area (Å²) in [5.41, 5.74) is 1.99. The SMILES string of the molecule is CCOc1ccc(NC(=O)c2ccc(N(C)C3CCCCC3)cc2)cc1S(=O)(=O)N(C)C. The Bertz CT molecular complexity index is 1030. The topological polar surface area (TPSA) is 79.0 Å². The molecule has 0 spiro atoms. The molecule has 174 valence electrons. The minimum Gasteiger partial charge on any atom is -0.492 e. The van der Waals surface area contributed by atoms with Gasteiger partial charge in [0.25, 0.3) is 5.91 Å². The molecule has 0 unspecified atom stereocenters. The van der Waals surface area contributed by atoms with Gasteiger partial charge in [0.15, 0.2) is 0 Å². The number of sulfonamides is 1. The normalized spacial score (nSPS) is 14.9. The molecule has 3 rings (SSSR count).